The summed E-state index contributed by atoms with van der Waals surface area (Å²) >= 11 is 7.98. The molecule has 3 N–H and O–H groups in total. The molecule has 0 spiro atoms. The van der Waals surface area contributed by atoms with Gasteiger partial charge >= 0.3 is 6.18 Å². The quantitative estimate of drug-likeness (QED) is 0.430. The largest absolute Gasteiger partial charge is 0.433 e. The summed E-state index contributed by atoms with van der Waals surface area (Å²) in [5, 5.41) is 0.619. The molecule has 0 bridgehead atoms. The topological polar surface area (TPSA) is 50.9 Å². The summed E-state index contributed by atoms with van der Waals surface area (Å²) in [6.07, 6.45) is -4.56. The monoisotopic (exact) mass is 401 g/mol. The smallest absolute Gasteiger partial charge is 0.323 e. The van der Waals surface area contributed by atoms with E-state index in [4.69, 9.17) is 17.4 Å². The zero-order valence-electron chi connectivity index (χ0n) is 9.57. The predicted octanol–water partition coefficient (Wildman–Crippen LogP) is 4.11. The molecular formula is C11H8ClF3IN3. The number of hydrogen-bond donors (Lipinski definition) is 2. The highest BCUT2D eigenvalue weighted by atomic mass is 127. The maximum atomic E-state index is 12.9. The van der Waals surface area contributed by atoms with Crippen molar-refractivity contribution in [1.29, 1.82) is 0 Å². The molecule has 0 amide bonds. The summed E-state index contributed by atoms with van der Waals surface area (Å²) < 4.78 is 39.6. The Bertz CT molecular complexity index is 658. The van der Waals surface area contributed by atoms with Crippen molar-refractivity contribution >= 4 is 50.8 Å². The standard InChI is InChI=1S/C11H8ClF3IN3/c1-4-8(19-17)6-2-5(16)3-7(12)9(6)18-10(4)11(13,14)15/h2-3H,17H2,1H3,(H,18,19). The summed E-state index contributed by atoms with van der Waals surface area (Å²) in [4.78, 5) is 3.64. The SMILES string of the molecule is Cc1c(C(F)(F)F)nc2c(Cl)cc(I)cc2c1NN. The third-order valence-electron chi connectivity index (χ3n) is 2.66. The van der Waals surface area contributed by atoms with Gasteiger partial charge in [0.1, 0.15) is 5.69 Å². The van der Waals surface area contributed by atoms with E-state index in [2.05, 4.69) is 10.4 Å². The van der Waals surface area contributed by atoms with Crippen LogP contribution >= 0.6 is 34.2 Å². The molecule has 2 rings (SSSR count). The Morgan fingerprint density at radius 3 is 2.53 bits per heavy atom. The summed E-state index contributed by atoms with van der Waals surface area (Å²) in [5.74, 6) is 5.34. The molecular weight excluding hydrogens is 393 g/mol. The number of nitrogen functional groups attached to an aromatic ring is 1. The van der Waals surface area contributed by atoms with Crippen LogP contribution in [0.5, 0.6) is 0 Å². The average Bonchev–Trinajstić information content (AvgIpc) is 2.26. The normalized spacial score (nSPS) is 11.9. The minimum Gasteiger partial charge on any atom is -0.323 e. The summed E-state index contributed by atoms with van der Waals surface area (Å²) in [6.45, 7) is 1.32. The first-order valence-corrected chi connectivity index (χ1v) is 6.54. The van der Waals surface area contributed by atoms with Gasteiger partial charge in [-0.2, -0.15) is 13.2 Å². The fraction of sp³-hybridized carbons (Fsp3) is 0.182. The van der Waals surface area contributed by atoms with E-state index in [-0.39, 0.29) is 21.8 Å². The number of halogens is 5. The van der Waals surface area contributed by atoms with E-state index in [1.165, 1.54) is 6.92 Å². The van der Waals surface area contributed by atoms with Gasteiger partial charge in [0.15, 0.2) is 0 Å². The Labute approximate surface area is 125 Å². The number of benzene rings is 1. The lowest BCUT2D eigenvalue weighted by Crippen LogP contribution is -2.16. The van der Waals surface area contributed by atoms with Crippen molar-refractivity contribution in [3.05, 3.63) is 32.0 Å². The van der Waals surface area contributed by atoms with E-state index < -0.39 is 11.9 Å². The minimum atomic E-state index is -4.56. The molecule has 0 unspecified atom stereocenters. The molecule has 0 fully saturated rings. The molecule has 8 heteroatoms. The van der Waals surface area contributed by atoms with Crippen LogP contribution < -0.4 is 11.3 Å². The van der Waals surface area contributed by atoms with Crippen molar-refractivity contribution < 1.29 is 13.2 Å². The minimum absolute atomic E-state index is 0.0550. The van der Waals surface area contributed by atoms with Gasteiger partial charge in [-0.1, -0.05) is 11.6 Å². The number of nitrogens with one attached hydrogen (secondary N) is 1. The lowest BCUT2D eigenvalue weighted by atomic mass is 10.1. The number of hydrazine groups is 1. The fourth-order valence-electron chi connectivity index (χ4n) is 1.85. The zero-order valence-corrected chi connectivity index (χ0v) is 12.5. The van der Waals surface area contributed by atoms with Crippen LogP contribution in [0.3, 0.4) is 0 Å². The molecule has 0 saturated heterocycles. The zero-order chi connectivity index (χ0) is 14.4. The van der Waals surface area contributed by atoms with Gasteiger partial charge in [0.2, 0.25) is 0 Å². The molecule has 19 heavy (non-hydrogen) atoms. The summed E-state index contributed by atoms with van der Waals surface area (Å²) in [7, 11) is 0. The molecule has 1 aromatic heterocycles. The van der Waals surface area contributed by atoms with Crippen LogP contribution in [0.4, 0.5) is 18.9 Å². The van der Waals surface area contributed by atoms with Crippen LogP contribution in [0.15, 0.2) is 12.1 Å². The first-order chi connectivity index (χ1) is 8.75. The van der Waals surface area contributed by atoms with E-state index in [0.717, 1.165) is 3.57 Å². The fourth-order valence-corrected chi connectivity index (χ4v) is 2.92. The lowest BCUT2D eigenvalue weighted by molar-refractivity contribution is -0.141. The van der Waals surface area contributed by atoms with Crippen LogP contribution in [0.1, 0.15) is 11.3 Å². The number of anilines is 1. The van der Waals surface area contributed by atoms with E-state index in [9.17, 15) is 13.2 Å². The van der Waals surface area contributed by atoms with Crippen molar-refractivity contribution in [2.75, 3.05) is 5.43 Å². The Morgan fingerprint density at radius 1 is 1.37 bits per heavy atom. The highest BCUT2D eigenvalue weighted by molar-refractivity contribution is 14.1. The highest BCUT2D eigenvalue weighted by Gasteiger charge is 2.36. The van der Waals surface area contributed by atoms with Crippen molar-refractivity contribution in [3.8, 4) is 0 Å². The molecule has 0 aliphatic rings. The maximum Gasteiger partial charge on any atom is 0.433 e. The Kier molecular flexibility index (Phi) is 3.80. The lowest BCUT2D eigenvalue weighted by Gasteiger charge is -2.16. The number of fused-ring (bicyclic) bond motifs is 1. The van der Waals surface area contributed by atoms with Gasteiger partial charge in [0.05, 0.1) is 16.2 Å². The van der Waals surface area contributed by atoms with Gasteiger partial charge in [0, 0.05) is 14.5 Å². The Balaban J connectivity index is 2.95. The van der Waals surface area contributed by atoms with Gasteiger partial charge < -0.3 is 5.43 Å². The second-order valence-electron chi connectivity index (χ2n) is 3.89. The van der Waals surface area contributed by atoms with Gasteiger partial charge in [0.25, 0.3) is 0 Å². The maximum absolute atomic E-state index is 12.9. The number of rotatable bonds is 1. The van der Waals surface area contributed by atoms with E-state index in [1.807, 2.05) is 22.6 Å². The van der Waals surface area contributed by atoms with Crippen LogP contribution in [0.25, 0.3) is 10.9 Å². The molecule has 1 aromatic carbocycles. The Morgan fingerprint density at radius 2 is 2.00 bits per heavy atom. The number of nitrogens with zero attached hydrogens (tertiary/aromatic N) is 1. The summed E-state index contributed by atoms with van der Waals surface area (Å²) in [6, 6.07) is 3.23. The number of nitrogens with two attached hydrogens (primary N) is 1. The molecule has 1 heterocycles. The predicted molar refractivity (Wildman–Crippen MR) is 77.0 cm³/mol. The second kappa shape index (κ2) is 4.95. The van der Waals surface area contributed by atoms with Crippen LogP contribution in [0.2, 0.25) is 5.02 Å². The van der Waals surface area contributed by atoms with Crippen molar-refractivity contribution in [3.63, 3.8) is 0 Å². The molecule has 3 nitrogen and oxygen atoms in total. The van der Waals surface area contributed by atoms with Crippen molar-refractivity contribution in [1.82, 2.24) is 4.98 Å². The summed E-state index contributed by atoms with van der Waals surface area (Å²) in [5.41, 5.74) is 1.51. The van der Waals surface area contributed by atoms with Crippen molar-refractivity contribution in [2.24, 2.45) is 5.84 Å². The molecule has 0 saturated carbocycles. The van der Waals surface area contributed by atoms with Gasteiger partial charge in [-0.05, 0) is 41.6 Å². The number of alkyl halides is 3. The van der Waals surface area contributed by atoms with E-state index in [0.29, 0.717) is 5.39 Å². The first kappa shape index (κ1) is 14.6. The average molecular weight is 402 g/mol. The molecule has 102 valence electrons. The number of pyridine rings is 1. The third kappa shape index (κ3) is 2.59. The van der Waals surface area contributed by atoms with E-state index in [1.54, 1.807) is 12.1 Å². The van der Waals surface area contributed by atoms with Crippen LogP contribution in [0, 0.1) is 10.5 Å². The molecule has 2 aromatic rings. The first-order valence-electron chi connectivity index (χ1n) is 5.09. The number of hydrogen-bond acceptors (Lipinski definition) is 3. The molecule has 0 aliphatic heterocycles. The van der Waals surface area contributed by atoms with E-state index >= 15 is 0 Å². The molecule has 0 atom stereocenters. The van der Waals surface area contributed by atoms with Crippen molar-refractivity contribution in [2.45, 2.75) is 13.1 Å². The van der Waals surface area contributed by atoms with Crippen LogP contribution in [-0.4, -0.2) is 4.98 Å². The van der Waals surface area contributed by atoms with Crippen LogP contribution in [-0.2, 0) is 6.18 Å². The third-order valence-corrected chi connectivity index (χ3v) is 3.58. The van der Waals surface area contributed by atoms with Gasteiger partial charge in [-0.15, -0.1) is 0 Å². The van der Waals surface area contributed by atoms with Gasteiger partial charge in [-0.25, -0.2) is 4.98 Å². The number of aromatic nitrogens is 1. The molecule has 0 aliphatic carbocycles. The van der Waals surface area contributed by atoms with Gasteiger partial charge in [-0.3, -0.25) is 5.84 Å². The molecule has 0 radical (unpaired) electrons. The highest BCUT2D eigenvalue weighted by Crippen LogP contribution is 2.39. The Hall–Kier alpha value is -0.800. The second-order valence-corrected chi connectivity index (χ2v) is 5.54.